The third kappa shape index (κ3) is 4.41. The molecule has 20 heavy (non-hydrogen) atoms. The summed E-state index contributed by atoms with van der Waals surface area (Å²) >= 11 is 0. The summed E-state index contributed by atoms with van der Waals surface area (Å²) < 4.78 is 0. The van der Waals surface area contributed by atoms with E-state index >= 15 is 0 Å². The molecular weight excluding hydrogens is 262 g/mol. The van der Waals surface area contributed by atoms with E-state index in [1.807, 2.05) is 0 Å². The monoisotopic (exact) mass is 275 g/mol. The zero-order chi connectivity index (χ0) is 15.1. The number of hydrogen-bond donors (Lipinski definition) is 3. The lowest BCUT2D eigenvalue weighted by atomic mass is 10.2. The summed E-state index contributed by atoms with van der Waals surface area (Å²) in [5.74, 6) is -2.25. The van der Waals surface area contributed by atoms with Crippen LogP contribution in [0.4, 0.5) is 0 Å². The van der Waals surface area contributed by atoms with Crippen molar-refractivity contribution in [2.45, 2.75) is 6.92 Å². The molecule has 104 valence electrons. The van der Waals surface area contributed by atoms with Crippen LogP contribution < -0.4 is 0 Å². The van der Waals surface area contributed by atoms with Crippen molar-refractivity contribution in [3.8, 4) is 5.75 Å². The predicted molar refractivity (Wildman–Crippen MR) is 71.0 cm³/mol. The van der Waals surface area contributed by atoms with Gasteiger partial charge in [0, 0.05) is 12.4 Å². The Hall–Kier alpha value is -2.89. The number of nitrogens with zero attached hydrogens (tertiary/aromatic N) is 1. The maximum Gasteiger partial charge on any atom is 0.339 e. The zero-order valence-electron chi connectivity index (χ0n) is 10.6. The van der Waals surface area contributed by atoms with Crippen molar-refractivity contribution in [1.29, 1.82) is 0 Å². The van der Waals surface area contributed by atoms with Crippen LogP contribution in [0.1, 0.15) is 26.3 Å². The summed E-state index contributed by atoms with van der Waals surface area (Å²) in [6.07, 6.45) is 2.95. The number of phenols is 1. The van der Waals surface area contributed by atoms with E-state index in [1.54, 1.807) is 31.3 Å². The number of para-hydroxylation sites is 1. The molecule has 0 unspecified atom stereocenters. The van der Waals surface area contributed by atoms with Gasteiger partial charge in [-0.1, -0.05) is 12.1 Å². The van der Waals surface area contributed by atoms with Gasteiger partial charge in [-0.15, -0.1) is 0 Å². The van der Waals surface area contributed by atoms with Gasteiger partial charge in [-0.05, 0) is 30.7 Å². The average molecular weight is 275 g/mol. The normalized spacial score (nSPS) is 9.25. The molecule has 0 amide bonds. The molecule has 0 spiro atoms. The lowest BCUT2D eigenvalue weighted by molar-refractivity contribution is 0.0684. The summed E-state index contributed by atoms with van der Waals surface area (Å²) in [7, 11) is 0. The molecule has 2 aromatic rings. The number of rotatable bonds is 2. The lowest BCUT2D eigenvalue weighted by Crippen LogP contribution is -1.96. The van der Waals surface area contributed by atoms with Crippen LogP contribution in [0.2, 0.25) is 0 Å². The second kappa shape index (κ2) is 6.89. The first kappa shape index (κ1) is 15.2. The molecule has 1 aromatic heterocycles. The molecule has 1 aromatic carbocycles. The molecule has 0 bridgehead atoms. The minimum Gasteiger partial charge on any atom is -0.507 e. The van der Waals surface area contributed by atoms with Crippen LogP contribution >= 0.6 is 0 Å². The molecule has 0 atom stereocenters. The second-order valence-electron chi connectivity index (χ2n) is 3.88. The fraction of sp³-hybridized carbons (Fsp3) is 0.0714. The number of hydrogen-bond acceptors (Lipinski definition) is 4. The van der Waals surface area contributed by atoms with E-state index in [0.29, 0.717) is 0 Å². The highest BCUT2D eigenvalue weighted by molar-refractivity contribution is 5.90. The van der Waals surface area contributed by atoms with E-state index in [1.165, 1.54) is 18.3 Å². The van der Waals surface area contributed by atoms with Gasteiger partial charge in [-0.3, -0.25) is 4.98 Å². The summed E-state index contributed by atoms with van der Waals surface area (Å²) in [6, 6.07) is 7.39. The minimum absolute atomic E-state index is 0.0671. The number of carboxylic acid groups (broad SMARTS) is 2. The molecule has 3 N–H and O–H groups in total. The number of aromatic carboxylic acids is 2. The van der Waals surface area contributed by atoms with Crippen LogP contribution in [0.3, 0.4) is 0 Å². The number of pyridine rings is 1. The zero-order valence-corrected chi connectivity index (χ0v) is 10.6. The standard InChI is InChI=1S/C7H7NO2.C7H6O3/c1-5-2-6(7(9)10)4-8-3-5;8-6-4-2-1-3-5(6)7(9)10/h2-4H,1H3,(H,9,10);1-4,8H,(H,9,10). The van der Waals surface area contributed by atoms with Gasteiger partial charge in [0.15, 0.2) is 0 Å². The smallest absolute Gasteiger partial charge is 0.339 e. The van der Waals surface area contributed by atoms with Crippen LogP contribution in [0.25, 0.3) is 0 Å². The van der Waals surface area contributed by atoms with E-state index in [-0.39, 0.29) is 16.9 Å². The predicted octanol–water partition coefficient (Wildman–Crippen LogP) is 2.18. The third-order valence-corrected chi connectivity index (χ3v) is 2.26. The molecule has 0 saturated carbocycles. The number of carboxylic acids is 2. The highest BCUT2D eigenvalue weighted by Crippen LogP contribution is 2.14. The fourth-order valence-electron chi connectivity index (χ4n) is 1.33. The Kier molecular flexibility index (Phi) is 5.22. The van der Waals surface area contributed by atoms with Crippen LogP contribution in [-0.4, -0.2) is 32.2 Å². The Morgan fingerprint density at radius 1 is 1.05 bits per heavy atom. The number of aromatic hydroxyl groups is 1. The SMILES string of the molecule is Cc1cncc(C(=O)O)c1.O=C(O)c1ccccc1O. The molecular formula is C14H13NO5. The minimum atomic E-state index is -1.11. The Bertz CT molecular complexity index is 624. The molecule has 0 aliphatic heterocycles. The van der Waals surface area contributed by atoms with Gasteiger partial charge < -0.3 is 15.3 Å². The van der Waals surface area contributed by atoms with Gasteiger partial charge in [-0.25, -0.2) is 9.59 Å². The van der Waals surface area contributed by atoms with Crippen LogP contribution in [-0.2, 0) is 0 Å². The largest absolute Gasteiger partial charge is 0.507 e. The van der Waals surface area contributed by atoms with Gasteiger partial charge in [0.1, 0.15) is 11.3 Å². The van der Waals surface area contributed by atoms with Crippen molar-refractivity contribution in [1.82, 2.24) is 4.98 Å². The van der Waals surface area contributed by atoms with Crippen molar-refractivity contribution in [2.24, 2.45) is 0 Å². The number of aryl methyl sites for hydroxylation is 1. The first-order chi connectivity index (χ1) is 9.41. The van der Waals surface area contributed by atoms with Crippen molar-refractivity contribution in [3.05, 3.63) is 59.4 Å². The Morgan fingerprint density at radius 2 is 1.70 bits per heavy atom. The van der Waals surface area contributed by atoms with E-state index in [9.17, 15) is 9.59 Å². The molecule has 6 heteroatoms. The van der Waals surface area contributed by atoms with Crippen LogP contribution in [0.5, 0.6) is 5.75 Å². The molecule has 2 rings (SSSR count). The molecule has 0 fully saturated rings. The fourth-order valence-corrected chi connectivity index (χ4v) is 1.33. The first-order valence-electron chi connectivity index (χ1n) is 5.58. The topological polar surface area (TPSA) is 108 Å². The highest BCUT2D eigenvalue weighted by Gasteiger charge is 2.05. The summed E-state index contributed by atoms with van der Waals surface area (Å²) in [4.78, 5) is 24.3. The quantitative estimate of drug-likeness (QED) is 0.775. The van der Waals surface area contributed by atoms with Gasteiger partial charge in [-0.2, -0.15) is 0 Å². The Morgan fingerprint density at radius 3 is 2.10 bits per heavy atom. The van der Waals surface area contributed by atoms with E-state index in [2.05, 4.69) is 4.98 Å². The van der Waals surface area contributed by atoms with E-state index < -0.39 is 11.9 Å². The van der Waals surface area contributed by atoms with Gasteiger partial charge in [0.05, 0.1) is 5.56 Å². The highest BCUT2D eigenvalue weighted by atomic mass is 16.4. The third-order valence-electron chi connectivity index (χ3n) is 2.26. The maximum absolute atomic E-state index is 10.3. The van der Waals surface area contributed by atoms with Gasteiger partial charge in [0.2, 0.25) is 0 Å². The molecule has 0 aliphatic carbocycles. The van der Waals surface area contributed by atoms with Crippen molar-refractivity contribution >= 4 is 11.9 Å². The number of carbonyl (C=O) groups is 2. The molecule has 0 aliphatic rings. The maximum atomic E-state index is 10.3. The second-order valence-corrected chi connectivity index (χ2v) is 3.88. The van der Waals surface area contributed by atoms with Gasteiger partial charge in [0.25, 0.3) is 0 Å². The van der Waals surface area contributed by atoms with E-state index in [4.69, 9.17) is 15.3 Å². The summed E-state index contributed by atoms with van der Waals surface area (Å²) in [6.45, 7) is 1.80. The average Bonchev–Trinajstić information content (AvgIpc) is 2.39. The van der Waals surface area contributed by atoms with Gasteiger partial charge >= 0.3 is 11.9 Å². The summed E-state index contributed by atoms with van der Waals surface area (Å²) in [5.41, 5.74) is 1.03. The molecule has 0 saturated heterocycles. The van der Waals surface area contributed by atoms with Crippen molar-refractivity contribution < 1.29 is 24.9 Å². The van der Waals surface area contributed by atoms with Crippen LogP contribution in [0.15, 0.2) is 42.7 Å². The number of benzene rings is 1. The molecule has 1 heterocycles. The van der Waals surface area contributed by atoms with Crippen LogP contribution in [0, 0.1) is 6.92 Å². The van der Waals surface area contributed by atoms with E-state index in [0.717, 1.165) is 5.56 Å². The first-order valence-corrected chi connectivity index (χ1v) is 5.58. The Labute approximate surface area is 115 Å². The van der Waals surface area contributed by atoms with Crippen molar-refractivity contribution in [2.75, 3.05) is 0 Å². The van der Waals surface area contributed by atoms with Crippen molar-refractivity contribution in [3.63, 3.8) is 0 Å². The lowest BCUT2D eigenvalue weighted by Gasteiger charge is -1.95. The Balaban J connectivity index is 0.000000200. The number of aromatic nitrogens is 1. The molecule has 6 nitrogen and oxygen atoms in total. The summed E-state index contributed by atoms with van der Waals surface area (Å²) in [5, 5.41) is 25.8. The molecule has 0 radical (unpaired) electrons.